The molecule has 1 aliphatic carbocycles. The van der Waals surface area contributed by atoms with Crippen molar-refractivity contribution in [3.63, 3.8) is 0 Å². The number of nitrogens with zero attached hydrogens (tertiary/aromatic N) is 2. The zero-order chi connectivity index (χ0) is 17.9. The molecule has 0 saturated heterocycles. The highest BCUT2D eigenvalue weighted by Crippen LogP contribution is 2.30. The van der Waals surface area contributed by atoms with Crippen LogP contribution in [0.25, 0.3) is 5.69 Å². The van der Waals surface area contributed by atoms with Crippen LogP contribution in [0.15, 0.2) is 60.8 Å². The van der Waals surface area contributed by atoms with Gasteiger partial charge >= 0.3 is 0 Å². The minimum atomic E-state index is -0.210. The van der Waals surface area contributed by atoms with Gasteiger partial charge in [-0.3, -0.25) is 4.79 Å². The SMILES string of the molecule is COc1cn(-c2ccccc2)nc1C(=O)N[C@@H]1CCCc2ccccc21. The van der Waals surface area contributed by atoms with E-state index in [2.05, 4.69) is 22.5 Å². The Morgan fingerprint density at radius 1 is 1.15 bits per heavy atom. The van der Waals surface area contributed by atoms with Crippen molar-refractivity contribution >= 4 is 5.91 Å². The molecule has 0 unspecified atom stereocenters. The largest absolute Gasteiger partial charge is 0.493 e. The molecule has 0 spiro atoms. The highest BCUT2D eigenvalue weighted by molar-refractivity contribution is 5.95. The predicted molar refractivity (Wildman–Crippen MR) is 99.7 cm³/mol. The zero-order valence-electron chi connectivity index (χ0n) is 14.7. The van der Waals surface area contributed by atoms with Crippen molar-refractivity contribution in [2.75, 3.05) is 7.11 Å². The van der Waals surface area contributed by atoms with E-state index in [1.54, 1.807) is 18.0 Å². The first-order chi connectivity index (χ1) is 12.8. The van der Waals surface area contributed by atoms with E-state index in [9.17, 15) is 4.79 Å². The van der Waals surface area contributed by atoms with Gasteiger partial charge < -0.3 is 10.1 Å². The van der Waals surface area contributed by atoms with Gasteiger partial charge in [0, 0.05) is 0 Å². The number of aromatic nitrogens is 2. The Bertz CT molecular complexity index is 918. The number of benzene rings is 2. The molecule has 1 heterocycles. The third-order valence-corrected chi connectivity index (χ3v) is 4.81. The molecule has 1 amide bonds. The third kappa shape index (κ3) is 3.08. The molecule has 1 aliphatic rings. The second-order valence-corrected chi connectivity index (χ2v) is 6.44. The first-order valence-electron chi connectivity index (χ1n) is 8.84. The summed E-state index contributed by atoms with van der Waals surface area (Å²) in [6.07, 6.45) is 4.80. The fraction of sp³-hybridized carbons (Fsp3) is 0.238. The molecule has 1 N–H and O–H groups in total. The number of aryl methyl sites for hydroxylation is 1. The monoisotopic (exact) mass is 347 g/mol. The molecular weight excluding hydrogens is 326 g/mol. The lowest BCUT2D eigenvalue weighted by atomic mass is 9.87. The third-order valence-electron chi connectivity index (χ3n) is 4.81. The van der Waals surface area contributed by atoms with Crippen LogP contribution >= 0.6 is 0 Å². The molecule has 0 radical (unpaired) electrons. The number of fused-ring (bicyclic) bond motifs is 1. The van der Waals surface area contributed by atoms with Crippen molar-refractivity contribution in [2.24, 2.45) is 0 Å². The first kappa shape index (κ1) is 16.4. The number of rotatable bonds is 4. The van der Waals surface area contributed by atoms with Gasteiger partial charge in [-0.15, -0.1) is 0 Å². The number of para-hydroxylation sites is 1. The van der Waals surface area contributed by atoms with E-state index >= 15 is 0 Å². The molecule has 0 bridgehead atoms. The van der Waals surface area contributed by atoms with E-state index in [1.165, 1.54) is 11.1 Å². The number of ether oxygens (including phenoxy) is 1. The standard InChI is InChI=1S/C21H21N3O2/c1-26-19-14-24(16-10-3-2-4-11-16)23-20(19)21(25)22-18-13-7-9-15-8-5-6-12-17(15)18/h2-6,8,10-12,14,18H,7,9,13H2,1H3,(H,22,25)/t18-/m1/s1. The van der Waals surface area contributed by atoms with Crippen LogP contribution in [0.2, 0.25) is 0 Å². The molecule has 3 aromatic rings. The van der Waals surface area contributed by atoms with Gasteiger partial charge in [0.15, 0.2) is 11.4 Å². The second kappa shape index (κ2) is 7.04. The van der Waals surface area contributed by atoms with Gasteiger partial charge in [0.1, 0.15) is 0 Å². The molecule has 0 saturated carbocycles. The summed E-state index contributed by atoms with van der Waals surface area (Å²) >= 11 is 0. The summed E-state index contributed by atoms with van der Waals surface area (Å²) in [5.41, 5.74) is 3.70. The van der Waals surface area contributed by atoms with Gasteiger partial charge in [-0.2, -0.15) is 5.10 Å². The molecule has 1 atom stereocenters. The van der Waals surface area contributed by atoms with E-state index in [0.717, 1.165) is 24.9 Å². The molecule has 5 heteroatoms. The number of carbonyl (C=O) groups excluding carboxylic acids is 1. The average Bonchev–Trinajstić information content (AvgIpc) is 3.14. The van der Waals surface area contributed by atoms with E-state index in [0.29, 0.717) is 11.4 Å². The predicted octanol–water partition coefficient (Wildman–Crippen LogP) is 3.69. The van der Waals surface area contributed by atoms with Crippen LogP contribution in [0, 0.1) is 0 Å². The molecule has 0 aliphatic heterocycles. The first-order valence-corrected chi connectivity index (χ1v) is 8.84. The van der Waals surface area contributed by atoms with E-state index in [4.69, 9.17) is 4.74 Å². The Balaban J connectivity index is 1.60. The maximum absolute atomic E-state index is 12.9. The fourth-order valence-electron chi connectivity index (χ4n) is 3.51. The van der Waals surface area contributed by atoms with Crippen molar-refractivity contribution in [1.82, 2.24) is 15.1 Å². The number of hydrogen-bond donors (Lipinski definition) is 1. The maximum atomic E-state index is 12.9. The number of hydrogen-bond acceptors (Lipinski definition) is 3. The van der Waals surface area contributed by atoms with Crippen LogP contribution in [-0.4, -0.2) is 22.8 Å². The van der Waals surface area contributed by atoms with E-state index < -0.39 is 0 Å². The van der Waals surface area contributed by atoms with Gasteiger partial charge in [-0.05, 0) is 42.5 Å². The van der Waals surface area contributed by atoms with Crippen LogP contribution in [0.5, 0.6) is 5.75 Å². The highest BCUT2D eigenvalue weighted by atomic mass is 16.5. The number of carbonyl (C=O) groups is 1. The van der Waals surface area contributed by atoms with Crippen molar-refractivity contribution in [3.8, 4) is 11.4 Å². The molecule has 2 aromatic carbocycles. The average molecular weight is 347 g/mol. The van der Waals surface area contributed by atoms with Crippen LogP contribution in [0.4, 0.5) is 0 Å². The number of nitrogens with one attached hydrogen (secondary N) is 1. The quantitative estimate of drug-likeness (QED) is 0.783. The van der Waals surface area contributed by atoms with Gasteiger partial charge in [-0.1, -0.05) is 42.5 Å². The Kier molecular flexibility index (Phi) is 4.44. The molecule has 4 rings (SSSR count). The van der Waals surface area contributed by atoms with Crippen molar-refractivity contribution in [1.29, 1.82) is 0 Å². The van der Waals surface area contributed by atoms with Gasteiger partial charge in [0.05, 0.1) is 25.0 Å². The number of methoxy groups -OCH3 is 1. The summed E-state index contributed by atoms with van der Waals surface area (Å²) in [5, 5.41) is 7.59. The molecule has 26 heavy (non-hydrogen) atoms. The summed E-state index contributed by atoms with van der Waals surface area (Å²) in [6, 6.07) is 18.0. The molecular formula is C21H21N3O2. The molecule has 0 fully saturated rings. The summed E-state index contributed by atoms with van der Waals surface area (Å²) < 4.78 is 7.05. The van der Waals surface area contributed by atoms with E-state index in [-0.39, 0.29) is 11.9 Å². The zero-order valence-corrected chi connectivity index (χ0v) is 14.7. The van der Waals surface area contributed by atoms with Gasteiger partial charge in [0.2, 0.25) is 0 Å². The smallest absolute Gasteiger partial charge is 0.276 e. The lowest BCUT2D eigenvalue weighted by molar-refractivity contribution is 0.0924. The lowest BCUT2D eigenvalue weighted by Crippen LogP contribution is -2.31. The summed E-state index contributed by atoms with van der Waals surface area (Å²) in [4.78, 5) is 12.9. The Morgan fingerprint density at radius 3 is 2.73 bits per heavy atom. The summed E-state index contributed by atoms with van der Waals surface area (Å²) in [6.45, 7) is 0. The van der Waals surface area contributed by atoms with Gasteiger partial charge in [-0.25, -0.2) is 4.68 Å². The van der Waals surface area contributed by atoms with Gasteiger partial charge in [0.25, 0.3) is 5.91 Å². The van der Waals surface area contributed by atoms with Crippen molar-refractivity contribution in [3.05, 3.63) is 77.6 Å². The molecule has 132 valence electrons. The normalized spacial score (nSPS) is 16.0. The Labute approximate surface area is 152 Å². The lowest BCUT2D eigenvalue weighted by Gasteiger charge is -2.26. The van der Waals surface area contributed by atoms with Crippen molar-refractivity contribution < 1.29 is 9.53 Å². The van der Waals surface area contributed by atoms with Crippen molar-refractivity contribution in [2.45, 2.75) is 25.3 Å². The van der Waals surface area contributed by atoms with Crippen LogP contribution in [-0.2, 0) is 6.42 Å². The molecule has 1 aromatic heterocycles. The minimum Gasteiger partial charge on any atom is -0.493 e. The topological polar surface area (TPSA) is 56.2 Å². The number of amides is 1. The van der Waals surface area contributed by atoms with Crippen LogP contribution < -0.4 is 10.1 Å². The highest BCUT2D eigenvalue weighted by Gasteiger charge is 2.25. The second-order valence-electron chi connectivity index (χ2n) is 6.44. The fourth-order valence-corrected chi connectivity index (χ4v) is 3.51. The summed E-state index contributed by atoms with van der Waals surface area (Å²) in [5.74, 6) is 0.258. The van der Waals surface area contributed by atoms with Crippen LogP contribution in [0.3, 0.4) is 0 Å². The minimum absolute atomic E-state index is 0.0130. The maximum Gasteiger partial charge on any atom is 0.276 e. The Hall–Kier alpha value is -3.08. The molecule has 5 nitrogen and oxygen atoms in total. The van der Waals surface area contributed by atoms with E-state index in [1.807, 2.05) is 42.5 Å². The Morgan fingerprint density at radius 2 is 1.92 bits per heavy atom. The summed E-state index contributed by atoms with van der Waals surface area (Å²) in [7, 11) is 1.55. The van der Waals surface area contributed by atoms with Crippen LogP contribution in [0.1, 0.15) is 40.5 Å².